The molecule has 2 aliphatic rings. The normalized spacial score (nSPS) is 21.1. The van der Waals surface area contributed by atoms with E-state index < -0.39 is 18.3 Å². The van der Waals surface area contributed by atoms with Crippen molar-refractivity contribution in [1.82, 2.24) is 20.9 Å². The van der Waals surface area contributed by atoms with E-state index in [1.807, 2.05) is 13.1 Å². The monoisotopic (exact) mass is 522 g/mol. The first kappa shape index (κ1) is 29.1. The zero-order valence-corrected chi connectivity index (χ0v) is 22.1. The van der Waals surface area contributed by atoms with E-state index in [1.54, 1.807) is 11.0 Å². The molecule has 1 heterocycles. The molecule has 10 heteroatoms. The lowest BCUT2D eigenvalue weighted by Gasteiger charge is -2.39. The van der Waals surface area contributed by atoms with Crippen LogP contribution in [0.4, 0.5) is 14.0 Å². The molecule has 9 nitrogen and oxygen atoms in total. The highest BCUT2D eigenvalue weighted by atomic mass is 19.1. The third kappa shape index (κ3) is 8.83. The standard InChI is InChI=1S/C27H43FN4O5/c1-29-17-23(24(33)19-8-4-3-5-9-19)31-26(34)32-14-7-11-21(18-32)25(20-10-6-12-22(28)16-20)37-15-13-30-27(35)36-2/h6,10,12,16,19,21,23-25,29,33H,3-5,7-9,11,13-15,17-18H2,1-2H3,(H,30,35)(H,31,34)/t21-,23-,24-,25?/m1/s1. The first-order chi connectivity index (χ1) is 17.9. The number of aliphatic hydroxyl groups is 1. The molecule has 0 bridgehead atoms. The fourth-order valence-corrected chi connectivity index (χ4v) is 5.57. The van der Waals surface area contributed by atoms with Crippen LogP contribution in [0.5, 0.6) is 0 Å². The lowest BCUT2D eigenvalue weighted by molar-refractivity contribution is -0.00954. The van der Waals surface area contributed by atoms with Gasteiger partial charge in [0, 0.05) is 32.1 Å². The topological polar surface area (TPSA) is 112 Å². The second-order valence-corrected chi connectivity index (χ2v) is 10.1. The molecular formula is C27H43FN4O5. The number of rotatable bonds is 11. The van der Waals surface area contributed by atoms with Gasteiger partial charge in [0.2, 0.25) is 0 Å². The number of benzene rings is 1. The maximum atomic E-state index is 14.1. The van der Waals surface area contributed by atoms with Crippen molar-refractivity contribution in [1.29, 1.82) is 0 Å². The number of likely N-dealkylation sites (N-methyl/N-ethyl adjacent to an activating group) is 1. The average Bonchev–Trinajstić information content (AvgIpc) is 2.92. The molecule has 1 aromatic rings. The summed E-state index contributed by atoms with van der Waals surface area (Å²) >= 11 is 0. The molecule has 0 radical (unpaired) electrons. The quantitative estimate of drug-likeness (QED) is 0.332. The summed E-state index contributed by atoms with van der Waals surface area (Å²) in [5, 5.41) is 19.8. The van der Waals surface area contributed by atoms with Crippen LogP contribution in [0.3, 0.4) is 0 Å². The van der Waals surface area contributed by atoms with E-state index in [0.717, 1.165) is 38.5 Å². The average molecular weight is 523 g/mol. The molecule has 1 aliphatic heterocycles. The number of nitrogens with one attached hydrogen (secondary N) is 3. The summed E-state index contributed by atoms with van der Waals surface area (Å²) in [5.74, 6) is -0.202. The molecule has 208 valence electrons. The summed E-state index contributed by atoms with van der Waals surface area (Å²) in [7, 11) is 3.11. The van der Waals surface area contributed by atoms with Gasteiger partial charge in [0.05, 0.1) is 32.0 Å². The number of amides is 3. The van der Waals surface area contributed by atoms with Crippen LogP contribution >= 0.6 is 0 Å². The summed E-state index contributed by atoms with van der Waals surface area (Å²) < 4.78 is 24.8. The number of alkyl carbamates (subject to hydrolysis) is 1. The van der Waals surface area contributed by atoms with Crippen molar-refractivity contribution in [3.63, 3.8) is 0 Å². The maximum Gasteiger partial charge on any atom is 0.406 e. The summed E-state index contributed by atoms with van der Waals surface area (Å²) in [6.07, 6.45) is 5.44. The van der Waals surface area contributed by atoms with E-state index >= 15 is 0 Å². The molecule has 4 atom stereocenters. The van der Waals surface area contributed by atoms with Gasteiger partial charge in [0.1, 0.15) is 5.82 Å². The Morgan fingerprint density at radius 3 is 2.62 bits per heavy atom. The molecular weight excluding hydrogens is 479 g/mol. The Balaban J connectivity index is 1.65. The summed E-state index contributed by atoms with van der Waals surface area (Å²) in [6, 6.07) is 5.74. The van der Waals surface area contributed by atoms with Crippen molar-refractivity contribution in [2.75, 3.05) is 46.9 Å². The van der Waals surface area contributed by atoms with Gasteiger partial charge in [-0.15, -0.1) is 0 Å². The highest BCUT2D eigenvalue weighted by molar-refractivity contribution is 5.74. The largest absolute Gasteiger partial charge is 0.453 e. The van der Waals surface area contributed by atoms with Crippen LogP contribution in [0, 0.1) is 17.7 Å². The number of hydrogen-bond acceptors (Lipinski definition) is 6. The molecule has 1 saturated carbocycles. The minimum absolute atomic E-state index is 0.0505. The minimum Gasteiger partial charge on any atom is -0.453 e. The zero-order valence-electron chi connectivity index (χ0n) is 22.1. The number of aliphatic hydroxyl groups excluding tert-OH is 1. The Morgan fingerprint density at radius 2 is 1.92 bits per heavy atom. The Labute approximate surface area is 219 Å². The van der Waals surface area contributed by atoms with Crippen LogP contribution in [0.2, 0.25) is 0 Å². The highest BCUT2D eigenvalue weighted by Crippen LogP contribution is 2.33. The first-order valence-electron chi connectivity index (χ1n) is 13.5. The first-order valence-corrected chi connectivity index (χ1v) is 13.5. The number of carbonyl (C=O) groups excluding carboxylic acids is 2. The van der Waals surface area contributed by atoms with Crippen molar-refractivity contribution < 1.29 is 28.6 Å². The summed E-state index contributed by atoms with van der Waals surface area (Å²) in [5.41, 5.74) is 0.700. The smallest absolute Gasteiger partial charge is 0.406 e. The Bertz CT molecular complexity index is 854. The lowest BCUT2D eigenvalue weighted by atomic mass is 9.82. The van der Waals surface area contributed by atoms with E-state index in [1.165, 1.54) is 25.7 Å². The van der Waals surface area contributed by atoms with E-state index in [4.69, 9.17) is 4.74 Å². The molecule has 0 aromatic heterocycles. The molecule has 1 aromatic carbocycles. The van der Waals surface area contributed by atoms with Crippen LogP contribution in [-0.2, 0) is 9.47 Å². The van der Waals surface area contributed by atoms with Gasteiger partial charge >= 0.3 is 12.1 Å². The maximum absolute atomic E-state index is 14.1. The van der Waals surface area contributed by atoms with Crippen molar-refractivity contribution in [2.45, 2.75) is 63.2 Å². The van der Waals surface area contributed by atoms with E-state index in [9.17, 15) is 19.1 Å². The van der Waals surface area contributed by atoms with Gasteiger partial charge in [-0.3, -0.25) is 0 Å². The van der Waals surface area contributed by atoms with Crippen molar-refractivity contribution >= 4 is 12.1 Å². The number of urea groups is 1. The van der Waals surface area contributed by atoms with Crippen LogP contribution in [0.25, 0.3) is 0 Å². The molecule has 0 spiro atoms. The molecule has 37 heavy (non-hydrogen) atoms. The SMILES string of the molecule is CNC[C@@H](NC(=O)N1CCC[C@@H](C(OCCNC(=O)OC)c2cccc(F)c2)C1)[C@H](O)C1CCCCC1. The molecule has 1 unspecified atom stereocenters. The number of piperidine rings is 1. The number of likely N-dealkylation sites (tertiary alicyclic amines) is 1. The summed E-state index contributed by atoms with van der Waals surface area (Å²) in [4.78, 5) is 26.4. The van der Waals surface area contributed by atoms with Crippen LogP contribution in [0.15, 0.2) is 24.3 Å². The van der Waals surface area contributed by atoms with Gasteiger partial charge in [0.25, 0.3) is 0 Å². The van der Waals surface area contributed by atoms with Gasteiger partial charge in [-0.2, -0.15) is 0 Å². The fourth-order valence-electron chi connectivity index (χ4n) is 5.57. The molecule has 3 rings (SSSR count). The van der Waals surface area contributed by atoms with Crippen LogP contribution < -0.4 is 16.0 Å². The fraction of sp³-hybridized carbons (Fsp3) is 0.704. The molecule has 3 amide bonds. The number of halogens is 1. The predicted molar refractivity (Wildman–Crippen MR) is 139 cm³/mol. The lowest BCUT2D eigenvalue weighted by Crippen LogP contribution is -2.56. The van der Waals surface area contributed by atoms with Crippen LogP contribution in [0.1, 0.15) is 56.6 Å². The van der Waals surface area contributed by atoms with Gasteiger partial charge in [-0.05, 0) is 56.3 Å². The molecule has 1 saturated heterocycles. The predicted octanol–water partition coefficient (Wildman–Crippen LogP) is 3.19. The number of hydrogen-bond donors (Lipinski definition) is 4. The zero-order chi connectivity index (χ0) is 26.6. The molecule has 1 aliphatic carbocycles. The number of ether oxygens (including phenoxy) is 2. The van der Waals surface area contributed by atoms with Gasteiger partial charge in [-0.1, -0.05) is 31.4 Å². The van der Waals surface area contributed by atoms with E-state index in [-0.39, 0.29) is 42.9 Å². The molecule has 2 fully saturated rings. The number of methoxy groups -OCH3 is 1. The number of carbonyl (C=O) groups is 2. The van der Waals surface area contributed by atoms with E-state index in [0.29, 0.717) is 25.2 Å². The van der Waals surface area contributed by atoms with Crippen molar-refractivity contribution in [3.05, 3.63) is 35.6 Å². The Hall–Kier alpha value is -2.43. The van der Waals surface area contributed by atoms with E-state index in [2.05, 4.69) is 20.7 Å². The van der Waals surface area contributed by atoms with Crippen molar-refractivity contribution in [3.8, 4) is 0 Å². The Kier molecular flexibility index (Phi) is 11.9. The number of nitrogens with zero attached hydrogens (tertiary/aromatic N) is 1. The molecule has 4 N–H and O–H groups in total. The van der Waals surface area contributed by atoms with Crippen molar-refractivity contribution in [2.24, 2.45) is 11.8 Å². The van der Waals surface area contributed by atoms with Crippen LogP contribution in [-0.4, -0.2) is 81.2 Å². The Morgan fingerprint density at radius 1 is 1.16 bits per heavy atom. The third-order valence-corrected chi connectivity index (χ3v) is 7.48. The summed E-state index contributed by atoms with van der Waals surface area (Å²) in [6.45, 7) is 2.01. The third-order valence-electron chi connectivity index (χ3n) is 7.48. The van der Waals surface area contributed by atoms with Gasteiger partial charge in [-0.25, -0.2) is 14.0 Å². The highest BCUT2D eigenvalue weighted by Gasteiger charge is 2.34. The second-order valence-electron chi connectivity index (χ2n) is 10.1. The second kappa shape index (κ2) is 15.1. The van der Waals surface area contributed by atoms with Gasteiger partial charge < -0.3 is 35.4 Å². The minimum atomic E-state index is -0.594. The van der Waals surface area contributed by atoms with Gasteiger partial charge in [0.15, 0.2) is 0 Å².